The fourth-order valence-corrected chi connectivity index (χ4v) is 6.93. The molecule has 3 unspecified atom stereocenters. The second-order valence-electron chi connectivity index (χ2n) is 11.9. The molecule has 0 aliphatic heterocycles. The highest BCUT2D eigenvalue weighted by atomic mass is 16.5. The van der Waals surface area contributed by atoms with Crippen molar-refractivity contribution >= 4 is 6.09 Å². The molecule has 3 N–H and O–H groups in total. The van der Waals surface area contributed by atoms with E-state index in [1.165, 1.54) is 11.1 Å². The molecule has 0 bridgehead atoms. The van der Waals surface area contributed by atoms with Crippen molar-refractivity contribution in [1.29, 1.82) is 0 Å². The monoisotopic (exact) mass is 568 g/mol. The van der Waals surface area contributed by atoms with Crippen molar-refractivity contribution in [3.05, 3.63) is 114 Å². The van der Waals surface area contributed by atoms with Crippen LogP contribution in [0.5, 0.6) is 5.75 Å². The second-order valence-corrected chi connectivity index (χ2v) is 11.9. The number of amides is 1. The van der Waals surface area contributed by atoms with Gasteiger partial charge in [-0.15, -0.1) is 6.58 Å². The summed E-state index contributed by atoms with van der Waals surface area (Å²) in [6, 6.07) is 25.6. The highest BCUT2D eigenvalue weighted by molar-refractivity contribution is 5.67. The number of methoxy groups -OCH3 is 1. The minimum absolute atomic E-state index is 0.00709. The Bertz CT molecular complexity index is 1400. The predicted molar refractivity (Wildman–Crippen MR) is 162 cm³/mol. The van der Waals surface area contributed by atoms with Crippen molar-refractivity contribution < 1.29 is 24.1 Å². The number of alkyl carbamates (subject to hydrolysis) is 1. The molecule has 42 heavy (non-hydrogen) atoms. The van der Waals surface area contributed by atoms with E-state index in [2.05, 4.69) is 29.3 Å². The van der Waals surface area contributed by atoms with E-state index in [4.69, 9.17) is 14.2 Å². The number of aliphatic hydroxyl groups excluding tert-OH is 1. The van der Waals surface area contributed by atoms with Crippen LogP contribution in [-0.4, -0.2) is 55.8 Å². The third kappa shape index (κ3) is 5.69. The topological polar surface area (TPSA) is 89.1 Å². The van der Waals surface area contributed by atoms with Crippen LogP contribution >= 0.6 is 0 Å². The van der Waals surface area contributed by atoms with Crippen molar-refractivity contribution in [2.24, 2.45) is 0 Å². The Morgan fingerprint density at radius 2 is 1.76 bits per heavy atom. The van der Waals surface area contributed by atoms with Crippen molar-refractivity contribution in [1.82, 2.24) is 10.6 Å². The van der Waals surface area contributed by atoms with E-state index < -0.39 is 18.2 Å². The molecule has 0 heterocycles. The van der Waals surface area contributed by atoms with Crippen LogP contribution in [0.25, 0.3) is 0 Å². The number of carbonyl (C=O) groups is 1. The minimum Gasteiger partial charge on any atom is -0.497 e. The summed E-state index contributed by atoms with van der Waals surface area (Å²) >= 11 is 0. The maximum absolute atomic E-state index is 12.8. The third-order valence-corrected chi connectivity index (χ3v) is 9.28. The highest BCUT2D eigenvalue weighted by Gasteiger charge is 2.72. The largest absolute Gasteiger partial charge is 0.497 e. The van der Waals surface area contributed by atoms with Crippen LogP contribution in [0.15, 0.2) is 91.5 Å². The number of hydrogen-bond acceptors (Lipinski definition) is 6. The van der Waals surface area contributed by atoms with Crippen molar-refractivity contribution in [2.45, 2.75) is 67.4 Å². The molecule has 2 spiro atoms. The van der Waals surface area contributed by atoms with Crippen LogP contribution in [0, 0.1) is 0 Å². The predicted octanol–water partition coefficient (Wildman–Crippen LogP) is 4.81. The van der Waals surface area contributed by atoms with Crippen LogP contribution in [0.4, 0.5) is 4.79 Å². The first-order chi connectivity index (χ1) is 20.5. The number of nitrogens with one attached hydrogen (secondary N) is 2. The molecule has 0 saturated heterocycles. The summed E-state index contributed by atoms with van der Waals surface area (Å²) in [7, 11) is 1.70. The maximum Gasteiger partial charge on any atom is 0.407 e. The summed E-state index contributed by atoms with van der Waals surface area (Å²) in [4.78, 5) is 12.8. The normalized spacial score (nSPS) is 26.3. The van der Waals surface area contributed by atoms with Crippen LogP contribution in [0.1, 0.15) is 41.5 Å². The Morgan fingerprint density at radius 3 is 2.48 bits per heavy atom. The van der Waals surface area contributed by atoms with E-state index in [1.807, 2.05) is 72.8 Å². The molecule has 3 aromatic carbocycles. The SMILES string of the molecule is C=CCOC1CC12C[C@@]1(CC1NC[C@@H](O)[C@H](Cc1ccccc1)NC(=O)OCc1ccccc1)c1cc(OC)ccc12. The van der Waals surface area contributed by atoms with Gasteiger partial charge in [0.1, 0.15) is 12.4 Å². The number of ether oxygens (including phenoxy) is 3. The van der Waals surface area contributed by atoms with Gasteiger partial charge < -0.3 is 30.0 Å². The lowest BCUT2D eigenvalue weighted by Gasteiger charge is -2.25. The lowest BCUT2D eigenvalue weighted by atomic mass is 9.95. The van der Waals surface area contributed by atoms with E-state index in [0.717, 1.165) is 36.1 Å². The molecule has 0 aromatic heterocycles. The number of hydrogen-bond donors (Lipinski definition) is 3. The zero-order valence-electron chi connectivity index (χ0n) is 24.1. The lowest BCUT2D eigenvalue weighted by Crippen LogP contribution is -2.49. The van der Waals surface area contributed by atoms with Gasteiger partial charge in [0.25, 0.3) is 0 Å². The molecule has 0 radical (unpaired) electrons. The van der Waals surface area contributed by atoms with Gasteiger partial charge in [-0.3, -0.25) is 0 Å². The minimum atomic E-state index is -0.808. The standard InChI is InChI=1S/C35H40N2O5/c1-3-16-41-32-20-35(32)23-34(28-18-26(40-2)14-15-27(28)35)19-31(34)36-21-30(38)29(17-24-10-6-4-7-11-24)37-33(39)42-22-25-12-8-5-9-13-25/h3-15,18,29-32,36,38H,1,16-17,19-23H2,2H3,(H,37,39)/t29-,30+,31?,32?,34-,35?/m0/s1. The summed E-state index contributed by atoms with van der Waals surface area (Å²) in [5.41, 5.74) is 4.68. The Balaban J connectivity index is 1.12. The van der Waals surface area contributed by atoms with E-state index in [9.17, 15) is 9.90 Å². The fourth-order valence-electron chi connectivity index (χ4n) is 6.93. The van der Waals surface area contributed by atoms with Gasteiger partial charge in [-0.1, -0.05) is 72.8 Å². The summed E-state index contributed by atoms with van der Waals surface area (Å²) in [5, 5.41) is 17.9. The second kappa shape index (κ2) is 11.9. The van der Waals surface area contributed by atoms with Gasteiger partial charge in [0.2, 0.25) is 0 Å². The van der Waals surface area contributed by atoms with Gasteiger partial charge in [-0.05, 0) is 60.1 Å². The Morgan fingerprint density at radius 1 is 1.02 bits per heavy atom. The third-order valence-electron chi connectivity index (χ3n) is 9.28. The van der Waals surface area contributed by atoms with Crippen LogP contribution < -0.4 is 15.4 Å². The smallest absolute Gasteiger partial charge is 0.407 e. The molecule has 2 saturated carbocycles. The van der Waals surface area contributed by atoms with Crippen LogP contribution in [-0.2, 0) is 33.3 Å². The van der Waals surface area contributed by atoms with Gasteiger partial charge in [-0.2, -0.15) is 0 Å². The van der Waals surface area contributed by atoms with Crippen molar-refractivity contribution in [3.8, 4) is 5.75 Å². The summed E-state index contributed by atoms with van der Waals surface area (Å²) < 4.78 is 17.2. The molecule has 2 fully saturated rings. The van der Waals surface area contributed by atoms with Gasteiger partial charge in [0, 0.05) is 23.4 Å². The van der Waals surface area contributed by atoms with E-state index in [0.29, 0.717) is 19.6 Å². The van der Waals surface area contributed by atoms with Gasteiger partial charge in [-0.25, -0.2) is 4.79 Å². The highest BCUT2D eigenvalue weighted by Crippen LogP contribution is 2.71. The molecule has 6 rings (SSSR count). The van der Waals surface area contributed by atoms with Crippen molar-refractivity contribution in [2.75, 3.05) is 20.3 Å². The maximum atomic E-state index is 12.8. The first-order valence-electron chi connectivity index (χ1n) is 14.8. The molecule has 7 nitrogen and oxygen atoms in total. The number of fused-ring (bicyclic) bond motifs is 3. The van der Waals surface area contributed by atoms with Crippen LogP contribution in [0.2, 0.25) is 0 Å². The van der Waals surface area contributed by atoms with Crippen molar-refractivity contribution in [3.63, 3.8) is 0 Å². The molecule has 3 aromatic rings. The van der Waals surface area contributed by atoms with E-state index >= 15 is 0 Å². The Hall–Kier alpha value is -3.65. The quantitative estimate of drug-likeness (QED) is 0.257. The first kappa shape index (κ1) is 28.5. The molecule has 6 atom stereocenters. The first-order valence-corrected chi connectivity index (χ1v) is 14.8. The fraction of sp³-hybridized carbons (Fsp3) is 0.400. The zero-order valence-corrected chi connectivity index (χ0v) is 24.1. The Kier molecular flexibility index (Phi) is 8.08. The molecule has 3 aliphatic rings. The molecule has 3 aliphatic carbocycles. The van der Waals surface area contributed by atoms with Gasteiger partial charge >= 0.3 is 6.09 Å². The van der Waals surface area contributed by atoms with E-state index in [1.54, 1.807) is 7.11 Å². The van der Waals surface area contributed by atoms with E-state index in [-0.39, 0.29) is 29.6 Å². The lowest BCUT2D eigenvalue weighted by molar-refractivity contribution is 0.0999. The van der Waals surface area contributed by atoms with Crippen LogP contribution in [0.3, 0.4) is 0 Å². The average Bonchev–Trinajstić information content (AvgIpc) is 3.90. The summed E-state index contributed by atoms with van der Waals surface area (Å²) in [6.07, 6.45) is 4.19. The number of benzene rings is 3. The molecular weight excluding hydrogens is 528 g/mol. The molecular formula is C35H40N2O5. The number of carbonyl (C=O) groups excluding carboxylic acids is 1. The Labute approximate surface area is 247 Å². The molecule has 220 valence electrons. The molecule has 1 amide bonds. The average molecular weight is 569 g/mol. The number of rotatable bonds is 13. The number of aliphatic hydroxyl groups is 1. The summed E-state index contributed by atoms with van der Waals surface area (Å²) in [6.45, 7) is 4.89. The summed E-state index contributed by atoms with van der Waals surface area (Å²) in [5.74, 6) is 0.862. The molecule has 7 heteroatoms. The van der Waals surface area contributed by atoms with Gasteiger partial charge in [0.05, 0.1) is 32.0 Å². The zero-order chi connectivity index (χ0) is 29.2. The van der Waals surface area contributed by atoms with Gasteiger partial charge in [0.15, 0.2) is 0 Å².